The Labute approximate surface area is 285 Å². The maximum atomic E-state index is 13.3. The molecule has 1 unspecified atom stereocenters. The van der Waals surface area contributed by atoms with Crippen LogP contribution in [-0.2, 0) is 11.2 Å². The monoisotopic (exact) mass is 705 g/mol. The SMILES string of the molecule is CCN(CCN(C)C)C(=O)c1cccc([AsH]c2nccc(-c3c(-c4cccc(NC(=O)Cc5ccccc5)c4)nc4sccn34)n2)c1. The zero-order valence-electron chi connectivity index (χ0n) is 26.6. The summed E-state index contributed by atoms with van der Waals surface area (Å²) in [6.07, 6.45) is 4.10. The summed E-state index contributed by atoms with van der Waals surface area (Å²) < 4.78 is 3.91. The van der Waals surface area contributed by atoms with Crippen molar-refractivity contribution in [3.63, 3.8) is 0 Å². The number of amides is 2. The van der Waals surface area contributed by atoms with E-state index in [9.17, 15) is 9.59 Å². The summed E-state index contributed by atoms with van der Waals surface area (Å²) in [5, 5.41) is 5.04. The molecule has 0 aliphatic carbocycles. The number of hydrogen-bond acceptors (Lipinski definition) is 7. The molecule has 0 bridgehead atoms. The first-order valence-electron chi connectivity index (χ1n) is 15.4. The number of anilines is 1. The Kier molecular flexibility index (Phi) is 10.2. The third kappa shape index (κ3) is 7.85. The van der Waals surface area contributed by atoms with Gasteiger partial charge in [-0.1, -0.05) is 30.3 Å². The van der Waals surface area contributed by atoms with Gasteiger partial charge in [0.25, 0.3) is 0 Å². The average molecular weight is 706 g/mol. The number of imidazole rings is 1. The molecule has 6 rings (SSSR count). The molecule has 0 aliphatic heterocycles. The predicted octanol–water partition coefficient (Wildman–Crippen LogP) is 4.11. The van der Waals surface area contributed by atoms with Crippen LogP contribution in [0.2, 0.25) is 0 Å². The normalized spacial score (nSPS) is 11.5. The van der Waals surface area contributed by atoms with E-state index < -0.39 is 15.8 Å². The Balaban J connectivity index is 1.25. The summed E-state index contributed by atoms with van der Waals surface area (Å²) in [7, 11) is 4.03. The van der Waals surface area contributed by atoms with Crippen molar-refractivity contribution in [3.05, 3.63) is 114 Å². The van der Waals surface area contributed by atoms with E-state index in [1.807, 2.05) is 116 Å². The molecular formula is C36H36AsN7O2S. The van der Waals surface area contributed by atoms with E-state index in [0.717, 1.165) is 48.7 Å². The van der Waals surface area contributed by atoms with Crippen LogP contribution in [0, 0.1) is 0 Å². The molecule has 6 aromatic rings. The topological polar surface area (TPSA) is 95.7 Å². The van der Waals surface area contributed by atoms with E-state index in [-0.39, 0.29) is 11.8 Å². The summed E-state index contributed by atoms with van der Waals surface area (Å²) in [4.78, 5) is 45.6. The molecule has 1 N–H and O–H groups in total. The maximum absolute atomic E-state index is 13.3. The molecular weight excluding hydrogens is 669 g/mol. The number of nitrogens with zero attached hydrogens (tertiary/aromatic N) is 6. The van der Waals surface area contributed by atoms with E-state index in [1.54, 1.807) is 17.5 Å². The van der Waals surface area contributed by atoms with E-state index >= 15 is 0 Å². The second-order valence-corrected chi connectivity index (χ2v) is 14.9. The van der Waals surface area contributed by atoms with Crippen LogP contribution in [0.15, 0.2) is 103 Å². The first kappa shape index (κ1) is 32.3. The molecule has 3 heterocycles. The molecule has 2 amide bonds. The van der Waals surface area contributed by atoms with Gasteiger partial charge in [0.05, 0.1) is 0 Å². The zero-order valence-corrected chi connectivity index (χ0v) is 29.5. The van der Waals surface area contributed by atoms with Gasteiger partial charge in [-0.2, -0.15) is 0 Å². The summed E-state index contributed by atoms with van der Waals surface area (Å²) in [6, 6.07) is 27.3. The van der Waals surface area contributed by atoms with Gasteiger partial charge in [-0.05, 0) is 0 Å². The fourth-order valence-electron chi connectivity index (χ4n) is 5.28. The summed E-state index contributed by atoms with van der Waals surface area (Å²) in [5.74, 6) is -0.0363. The minimum absolute atomic E-state index is 0.0414. The average Bonchev–Trinajstić information content (AvgIpc) is 3.68. The van der Waals surface area contributed by atoms with Crippen LogP contribution in [0.25, 0.3) is 27.6 Å². The number of aromatic nitrogens is 4. The Hall–Kier alpha value is -4.63. The van der Waals surface area contributed by atoms with Crippen molar-refractivity contribution in [2.75, 3.05) is 39.0 Å². The number of nitrogens with one attached hydrogen (secondary N) is 1. The van der Waals surface area contributed by atoms with E-state index in [1.165, 1.54) is 0 Å². The van der Waals surface area contributed by atoms with Gasteiger partial charge in [0, 0.05) is 0 Å². The molecule has 47 heavy (non-hydrogen) atoms. The third-order valence-electron chi connectivity index (χ3n) is 7.64. The minimum atomic E-state index is -0.930. The summed E-state index contributed by atoms with van der Waals surface area (Å²) >= 11 is 0.626. The summed E-state index contributed by atoms with van der Waals surface area (Å²) in [6.45, 7) is 4.17. The van der Waals surface area contributed by atoms with Crippen LogP contribution >= 0.6 is 11.3 Å². The fraction of sp³-hybridized carbons (Fsp3) is 0.194. The van der Waals surface area contributed by atoms with Crippen molar-refractivity contribution in [3.8, 4) is 22.6 Å². The predicted molar refractivity (Wildman–Crippen MR) is 191 cm³/mol. The second-order valence-electron chi connectivity index (χ2n) is 11.3. The number of fused-ring (bicyclic) bond motifs is 1. The Morgan fingerprint density at radius 1 is 0.936 bits per heavy atom. The number of carbonyl (C=O) groups excluding carboxylic acids is 2. The molecule has 0 spiro atoms. The van der Waals surface area contributed by atoms with Crippen molar-refractivity contribution >= 4 is 58.5 Å². The van der Waals surface area contributed by atoms with Gasteiger partial charge in [-0.15, -0.1) is 0 Å². The van der Waals surface area contributed by atoms with Gasteiger partial charge in [0.1, 0.15) is 0 Å². The third-order valence-corrected chi connectivity index (χ3v) is 10.6. The van der Waals surface area contributed by atoms with Gasteiger partial charge in [-0.25, -0.2) is 0 Å². The molecule has 0 saturated carbocycles. The number of likely N-dealkylation sites (N-methyl/N-ethyl adjacent to an activating group) is 2. The van der Waals surface area contributed by atoms with Crippen LogP contribution in [0.4, 0.5) is 5.69 Å². The molecule has 0 fully saturated rings. The Morgan fingerprint density at radius 2 is 1.77 bits per heavy atom. The molecule has 238 valence electrons. The van der Waals surface area contributed by atoms with Gasteiger partial charge in [-0.3, -0.25) is 0 Å². The van der Waals surface area contributed by atoms with Gasteiger partial charge in [0.15, 0.2) is 0 Å². The number of hydrogen-bond donors (Lipinski definition) is 1. The Morgan fingerprint density at radius 3 is 2.57 bits per heavy atom. The quantitative estimate of drug-likeness (QED) is 0.193. The number of benzene rings is 3. The van der Waals surface area contributed by atoms with Crippen LogP contribution in [0.1, 0.15) is 22.8 Å². The molecule has 0 radical (unpaired) electrons. The number of rotatable bonds is 12. The van der Waals surface area contributed by atoms with Gasteiger partial charge in [0.2, 0.25) is 0 Å². The molecule has 3 aromatic carbocycles. The van der Waals surface area contributed by atoms with Crippen LogP contribution < -0.4 is 14.3 Å². The molecule has 11 heteroatoms. The van der Waals surface area contributed by atoms with Crippen LogP contribution in [-0.4, -0.2) is 90.4 Å². The van der Waals surface area contributed by atoms with Gasteiger partial charge < -0.3 is 0 Å². The van der Waals surface area contributed by atoms with E-state index in [4.69, 9.17) is 9.97 Å². The first-order chi connectivity index (χ1) is 22.9. The molecule has 9 nitrogen and oxygen atoms in total. The molecule has 1 atom stereocenters. The first-order valence-corrected chi connectivity index (χ1v) is 18.4. The molecule has 0 saturated heterocycles. The van der Waals surface area contributed by atoms with Crippen molar-refractivity contribution in [2.45, 2.75) is 13.3 Å². The van der Waals surface area contributed by atoms with Crippen molar-refractivity contribution in [2.24, 2.45) is 0 Å². The van der Waals surface area contributed by atoms with Crippen molar-refractivity contribution in [1.29, 1.82) is 0 Å². The molecule has 0 aliphatic rings. The second kappa shape index (κ2) is 14.9. The zero-order chi connectivity index (χ0) is 32.8. The van der Waals surface area contributed by atoms with Crippen LogP contribution in [0.5, 0.6) is 0 Å². The number of thiazole rings is 1. The standard InChI is InChI=1S/C36H36AsN7O2S/c1-4-43(19-18-42(2)3)34(46)27-13-8-14-28(23-27)37-35-38-17-16-30(40-35)33-32(41-36-44(33)20-21-47-36)26-12-9-15-29(24-26)39-31(45)22-25-10-6-5-7-11-25/h5-17,20-21,23-24,37H,4,18-19,22H2,1-3H3,(H,39,45). The van der Waals surface area contributed by atoms with Crippen LogP contribution in [0.3, 0.4) is 0 Å². The Bertz CT molecular complexity index is 2010. The summed E-state index contributed by atoms with van der Waals surface area (Å²) in [5.41, 5.74) is 5.66. The fourth-order valence-corrected chi connectivity index (χ4v) is 8.05. The van der Waals surface area contributed by atoms with Gasteiger partial charge >= 0.3 is 256 Å². The van der Waals surface area contributed by atoms with Crippen molar-refractivity contribution in [1.82, 2.24) is 29.2 Å². The van der Waals surface area contributed by atoms with E-state index in [2.05, 4.69) is 25.7 Å². The molecule has 3 aromatic heterocycles. The van der Waals surface area contributed by atoms with Crippen molar-refractivity contribution < 1.29 is 9.59 Å². The van der Waals surface area contributed by atoms with E-state index in [0.29, 0.717) is 30.8 Å². The number of carbonyl (C=O) groups is 2.